The van der Waals surface area contributed by atoms with Crippen LogP contribution in [0.25, 0.3) is 0 Å². The fourth-order valence-electron chi connectivity index (χ4n) is 0.945. The van der Waals surface area contributed by atoms with Crippen molar-refractivity contribution >= 4 is 15.9 Å². The molecule has 1 heterocycles. The number of rotatable bonds is 1. The van der Waals surface area contributed by atoms with Crippen LogP contribution in [0.2, 0.25) is 0 Å². The monoisotopic (exact) mass is 293 g/mol. The third-order valence-corrected chi connectivity index (χ3v) is 2.07. The summed E-state index contributed by atoms with van der Waals surface area (Å²) < 4.78 is 36.9. The van der Waals surface area contributed by atoms with Crippen LogP contribution in [-0.2, 0) is 6.18 Å². The van der Waals surface area contributed by atoms with Gasteiger partial charge in [0, 0.05) is 17.9 Å². The number of alkyl halides is 4. The molecule has 1 N–H and O–H groups in total. The highest BCUT2D eigenvalue weighted by Gasteiger charge is 2.31. The van der Waals surface area contributed by atoms with Crippen molar-refractivity contribution in [3.8, 4) is 11.8 Å². The third-order valence-electron chi connectivity index (χ3n) is 1.67. The molecule has 0 radical (unpaired) electrons. The highest BCUT2D eigenvalue weighted by molar-refractivity contribution is 9.09. The van der Waals surface area contributed by atoms with Crippen molar-refractivity contribution in [1.82, 2.24) is 4.98 Å². The lowest BCUT2D eigenvalue weighted by atomic mass is 10.2. The normalized spacial score (nSPS) is 10.8. The number of halogens is 4. The van der Waals surface area contributed by atoms with Gasteiger partial charge in [-0.05, 0) is 6.07 Å². The van der Waals surface area contributed by atoms with Gasteiger partial charge in [-0.25, -0.2) is 0 Å². The Kier molecular flexibility index (Phi) is 4.19. The Morgan fingerprint density at radius 3 is 2.69 bits per heavy atom. The molecule has 1 aromatic heterocycles. The average molecular weight is 294 g/mol. The lowest BCUT2D eigenvalue weighted by molar-refractivity contribution is -0.137. The molecule has 0 fully saturated rings. The van der Waals surface area contributed by atoms with Crippen molar-refractivity contribution in [2.45, 2.75) is 12.6 Å². The van der Waals surface area contributed by atoms with Crippen LogP contribution < -0.4 is 5.56 Å². The van der Waals surface area contributed by atoms with E-state index in [9.17, 15) is 18.0 Å². The van der Waals surface area contributed by atoms with Crippen LogP contribution in [0.1, 0.15) is 17.5 Å². The first-order valence-corrected chi connectivity index (χ1v) is 5.42. The summed E-state index contributed by atoms with van der Waals surface area (Å²) in [6, 6.07) is 0.750. The van der Waals surface area contributed by atoms with E-state index in [4.69, 9.17) is 0 Å². The predicted octanol–water partition coefficient (Wildman–Crippen LogP) is 2.53. The molecule has 86 valence electrons. The Hall–Kier alpha value is -1.22. The van der Waals surface area contributed by atoms with Crippen LogP contribution in [0.15, 0.2) is 17.1 Å². The predicted molar refractivity (Wildman–Crippen MR) is 57.4 cm³/mol. The summed E-state index contributed by atoms with van der Waals surface area (Å²) in [7, 11) is 0. The molecule has 0 aliphatic rings. The maximum Gasteiger partial charge on any atom is 0.417 e. The number of hydrogen-bond acceptors (Lipinski definition) is 1. The van der Waals surface area contributed by atoms with Crippen molar-refractivity contribution in [1.29, 1.82) is 0 Å². The second kappa shape index (κ2) is 5.21. The topological polar surface area (TPSA) is 32.9 Å². The van der Waals surface area contributed by atoms with Crippen molar-refractivity contribution in [3.63, 3.8) is 0 Å². The molecule has 0 unspecified atom stereocenters. The van der Waals surface area contributed by atoms with Crippen molar-refractivity contribution < 1.29 is 13.2 Å². The van der Waals surface area contributed by atoms with E-state index in [0.717, 1.165) is 6.07 Å². The molecule has 2 nitrogen and oxygen atoms in total. The summed E-state index contributed by atoms with van der Waals surface area (Å²) in [4.78, 5) is 13.2. The fourth-order valence-corrected chi connectivity index (χ4v) is 1.14. The molecule has 0 spiro atoms. The molecule has 1 aromatic rings. The first kappa shape index (κ1) is 12.8. The minimum Gasteiger partial charge on any atom is -0.327 e. The zero-order valence-corrected chi connectivity index (χ0v) is 9.58. The average Bonchev–Trinajstić information content (AvgIpc) is 2.19. The minimum atomic E-state index is -4.48. The van der Waals surface area contributed by atoms with Crippen molar-refractivity contribution in [2.75, 3.05) is 5.33 Å². The number of pyridine rings is 1. The van der Waals surface area contributed by atoms with Crippen LogP contribution in [0.5, 0.6) is 0 Å². The molecular formula is C10H7BrF3NO. The van der Waals surface area contributed by atoms with Gasteiger partial charge >= 0.3 is 6.18 Å². The number of aromatic nitrogens is 1. The van der Waals surface area contributed by atoms with E-state index in [1.165, 1.54) is 0 Å². The third kappa shape index (κ3) is 3.42. The summed E-state index contributed by atoms with van der Waals surface area (Å²) in [5, 5.41) is 0.608. The fraction of sp³-hybridized carbons (Fsp3) is 0.300. The Bertz CT molecular complexity index is 481. The summed E-state index contributed by atoms with van der Waals surface area (Å²) >= 11 is 3.12. The molecule has 0 atom stereocenters. The lowest BCUT2D eigenvalue weighted by Crippen LogP contribution is -2.14. The zero-order chi connectivity index (χ0) is 12.2. The van der Waals surface area contributed by atoms with E-state index < -0.39 is 17.3 Å². The van der Waals surface area contributed by atoms with Gasteiger partial charge < -0.3 is 4.98 Å². The number of nitrogens with one attached hydrogen (secondary N) is 1. The van der Waals surface area contributed by atoms with Gasteiger partial charge in [0.25, 0.3) is 5.56 Å². The van der Waals surface area contributed by atoms with Crippen LogP contribution in [0.4, 0.5) is 13.2 Å². The number of H-pyrrole nitrogens is 1. The second-order valence-electron chi connectivity index (χ2n) is 2.87. The zero-order valence-electron chi connectivity index (χ0n) is 7.99. The molecule has 0 aliphatic heterocycles. The Balaban J connectivity index is 3.11. The quantitative estimate of drug-likeness (QED) is 0.626. The van der Waals surface area contributed by atoms with Crippen LogP contribution in [0.3, 0.4) is 0 Å². The number of hydrogen-bond donors (Lipinski definition) is 1. The molecule has 0 aromatic carbocycles. The van der Waals surface area contributed by atoms with Gasteiger partial charge in [-0.2, -0.15) is 13.2 Å². The maximum atomic E-state index is 12.3. The SMILES string of the molecule is O=c1[nH]cc(C(F)(F)F)cc1C#CCCBr. The Labute approximate surface area is 98.0 Å². The molecule has 0 amide bonds. The summed E-state index contributed by atoms with van der Waals surface area (Å²) in [5.74, 6) is 4.99. The first-order valence-electron chi connectivity index (χ1n) is 4.30. The van der Waals surface area contributed by atoms with Gasteiger partial charge in [0.05, 0.1) is 11.1 Å². The molecule has 0 aliphatic carbocycles. The van der Waals surface area contributed by atoms with E-state index in [-0.39, 0.29) is 5.56 Å². The van der Waals surface area contributed by atoms with E-state index in [0.29, 0.717) is 17.9 Å². The van der Waals surface area contributed by atoms with Gasteiger partial charge in [-0.15, -0.1) is 0 Å². The van der Waals surface area contributed by atoms with Gasteiger partial charge in [0.2, 0.25) is 0 Å². The van der Waals surface area contributed by atoms with Crippen molar-refractivity contribution in [3.05, 3.63) is 33.7 Å². The van der Waals surface area contributed by atoms with E-state index >= 15 is 0 Å². The second-order valence-corrected chi connectivity index (χ2v) is 3.66. The van der Waals surface area contributed by atoms with Crippen LogP contribution in [-0.4, -0.2) is 10.3 Å². The van der Waals surface area contributed by atoms with Gasteiger partial charge in [-0.3, -0.25) is 4.79 Å². The highest BCUT2D eigenvalue weighted by Crippen LogP contribution is 2.28. The van der Waals surface area contributed by atoms with E-state index in [1.807, 2.05) is 4.98 Å². The van der Waals surface area contributed by atoms with Crippen molar-refractivity contribution in [2.24, 2.45) is 0 Å². The summed E-state index contributed by atoms with van der Waals surface area (Å²) in [6.45, 7) is 0. The first-order chi connectivity index (χ1) is 7.45. The molecule has 0 bridgehead atoms. The van der Waals surface area contributed by atoms with E-state index in [2.05, 4.69) is 27.8 Å². The summed E-state index contributed by atoms with van der Waals surface area (Å²) in [5.41, 5.74) is -1.69. The summed E-state index contributed by atoms with van der Waals surface area (Å²) in [6.07, 6.45) is -3.37. The molecule has 6 heteroatoms. The highest BCUT2D eigenvalue weighted by atomic mass is 79.9. The lowest BCUT2D eigenvalue weighted by Gasteiger charge is -2.05. The molecule has 0 saturated carbocycles. The molecular weight excluding hydrogens is 287 g/mol. The maximum absolute atomic E-state index is 12.3. The Morgan fingerprint density at radius 1 is 1.44 bits per heavy atom. The standard InChI is InChI=1S/C10H7BrF3NO/c11-4-2-1-3-7-5-8(10(12,13)14)6-15-9(7)16/h5-6H,2,4H2,(H,15,16). The Morgan fingerprint density at radius 2 is 2.12 bits per heavy atom. The molecule has 0 saturated heterocycles. The van der Waals surface area contributed by atoms with Crippen LogP contribution in [0, 0.1) is 11.8 Å². The number of aromatic amines is 1. The van der Waals surface area contributed by atoms with Gasteiger partial charge in [-0.1, -0.05) is 27.8 Å². The molecule has 1 rings (SSSR count). The van der Waals surface area contributed by atoms with E-state index in [1.54, 1.807) is 0 Å². The van der Waals surface area contributed by atoms with Gasteiger partial charge in [0.1, 0.15) is 0 Å². The van der Waals surface area contributed by atoms with Crippen LogP contribution >= 0.6 is 15.9 Å². The van der Waals surface area contributed by atoms with Gasteiger partial charge in [0.15, 0.2) is 0 Å². The minimum absolute atomic E-state index is 0.171. The molecule has 16 heavy (non-hydrogen) atoms. The largest absolute Gasteiger partial charge is 0.417 e. The smallest absolute Gasteiger partial charge is 0.327 e.